The van der Waals surface area contributed by atoms with Crippen molar-refractivity contribution < 1.29 is 13.2 Å². The van der Waals surface area contributed by atoms with E-state index in [0.29, 0.717) is 0 Å². The van der Waals surface area contributed by atoms with Gasteiger partial charge in [0.1, 0.15) is 0 Å². The summed E-state index contributed by atoms with van der Waals surface area (Å²) in [6.07, 6.45) is -1.22. The Labute approximate surface area is 115 Å². The molecule has 0 radical (unpaired) electrons. The predicted molar refractivity (Wildman–Crippen MR) is 74.6 cm³/mol. The molecule has 4 heteroatoms. The van der Waals surface area contributed by atoms with Crippen molar-refractivity contribution in [3.05, 3.63) is 41.6 Å². The third kappa shape index (κ3) is 1.94. The summed E-state index contributed by atoms with van der Waals surface area (Å²) in [5, 5.41) is 1.04. The molecule has 1 aromatic heterocycles. The predicted octanol–water partition coefficient (Wildman–Crippen LogP) is 4.97. The van der Waals surface area contributed by atoms with Crippen LogP contribution in [0.15, 0.2) is 30.3 Å². The fourth-order valence-corrected chi connectivity index (χ4v) is 3.04. The van der Waals surface area contributed by atoms with Crippen molar-refractivity contribution in [3.8, 4) is 0 Å². The van der Waals surface area contributed by atoms with Crippen molar-refractivity contribution in [2.45, 2.75) is 32.5 Å². The first kappa shape index (κ1) is 13.3. The lowest BCUT2D eigenvalue weighted by Gasteiger charge is -2.23. The van der Waals surface area contributed by atoms with Gasteiger partial charge in [-0.05, 0) is 19.9 Å². The first-order chi connectivity index (χ1) is 9.39. The number of aromatic nitrogens is 1. The molecule has 20 heavy (non-hydrogen) atoms. The lowest BCUT2D eigenvalue weighted by atomic mass is 9.92. The summed E-state index contributed by atoms with van der Waals surface area (Å²) >= 11 is 0. The second-order valence-corrected chi connectivity index (χ2v) is 5.55. The molecule has 1 aromatic carbocycles. The molecule has 1 unspecified atom stereocenters. The zero-order chi connectivity index (χ0) is 14.5. The number of hydrogen-bond donors (Lipinski definition) is 0. The van der Waals surface area contributed by atoms with E-state index in [2.05, 4.69) is 0 Å². The summed E-state index contributed by atoms with van der Waals surface area (Å²) in [7, 11) is 0. The van der Waals surface area contributed by atoms with Crippen LogP contribution in [0.5, 0.6) is 0 Å². The van der Waals surface area contributed by atoms with Crippen LogP contribution in [0.2, 0.25) is 0 Å². The highest BCUT2D eigenvalue weighted by molar-refractivity contribution is 5.92. The lowest BCUT2D eigenvalue weighted by molar-refractivity contribution is -0.161. The van der Waals surface area contributed by atoms with E-state index in [4.69, 9.17) is 0 Å². The molecule has 0 saturated heterocycles. The Morgan fingerprint density at radius 2 is 1.90 bits per heavy atom. The summed E-state index contributed by atoms with van der Waals surface area (Å²) in [6, 6.07) is 7.95. The summed E-state index contributed by atoms with van der Waals surface area (Å²) in [4.78, 5) is 0. The second-order valence-electron chi connectivity index (χ2n) is 5.55. The van der Waals surface area contributed by atoms with Gasteiger partial charge >= 0.3 is 6.18 Å². The van der Waals surface area contributed by atoms with E-state index in [1.807, 2.05) is 42.7 Å². The van der Waals surface area contributed by atoms with Crippen molar-refractivity contribution >= 4 is 17.0 Å². The number of para-hydroxylation sites is 1. The van der Waals surface area contributed by atoms with Gasteiger partial charge in [-0.1, -0.05) is 30.4 Å². The maximum absolute atomic E-state index is 13.0. The second kappa shape index (κ2) is 4.40. The van der Waals surface area contributed by atoms with Gasteiger partial charge in [-0.25, -0.2) is 0 Å². The maximum Gasteiger partial charge on any atom is 0.395 e. The minimum Gasteiger partial charge on any atom is -0.341 e. The molecule has 0 fully saturated rings. The van der Waals surface area contributed by atoms with Crippen LogP contribution in [-0.4, -0.2) is 10.7 Å². The average Bonchev–Trinajstić information content (AvgIpc) is 2.71. The Hall–Kier alpha value is -1.71. The summed E-state index contributed by atoms with van der Waals surface area (Å²) in [5.74, 6) is -1.38. The molecule has 0 saturated carbocycles. The van der Waals surface area contributed by atoms with Gasteiger partial charge < -0.3 is 4.57 Å². The van der Waals surface area contributed by atoms with Gasteiger partial charge in [-0.15, -0.1) is 0 Å². The van der Waals surface area contributed by atoms with E-state index in [1.54, 1.807) is 6.08 Å². The Bertz CT molecular complexity index is 677. The van der Waals surface area contributed by atoms with Gasteiger partial charge in [0.15, 0.2) is 0 Å². The third-order valence-corrected chi connectivity index (χ3v) is 3.90. The quantitative estimate of drug-likeness (QED) is 0.694. The monoisotopic (exact) mass is 279 g/mol. The van der Waals surface area contributed by atoms with Crippen LogP contribution in [0, 0.1) is 5.92 Å². The molecule has 0 amide bonds. The fourth-order valence-electron chi connectivity index (χ4n) is 3.04. The lowest BCUT2D eigenvalue weighted by Crippen LogP contribution is -2.26. The standard InChI is InChI=1S/C16H16F3N/c1-10(2)20-14-6-4-3-5-12(14)13-8-7-11(9-15(13)20)16(17,18)19/h3-8,10-11H,9H2,1-2H3. The number of fused-ring (bicyclic) bond motifs is 3. The third-order valence-electron chi connectivity index (χ3n) is 3.90. The fraction of sp³-hybridized carbons (Fsp3) is 0.375. The first-order valence-electron chi connectivity index (χ1n) is 6.76. The van der Waals surface area contributed by atoms with Gasteiger partial charge in [0, 0.05) is 34.6 Å². The number of alkyl halides is 3. The Kier molecular flexibility index (Phi) is 2.92. The van der Waals surface area contributed by atoms with Crippen LogP contribution in [0.4, 0.5) is 13.2 Å². The highest BCUT2D eigenvalue weighted by Crippen LogP contribution is 2.39. The SMILES string of the molecule is CC(C)n1c2c(c3ccccc31)C=CC(C(F)(F)F)C2. The zero-order valence-electron chi connectivity index (χ0n) is 11.4. The first-order valence-corrected chi connectivity index (χ1v) is 6.76. The van der Waals surface area contributed by atoms with E-state index in [-0.39, 0.29) is 12.5 Å². The molecule has 2 aromatic rings. The number of hydrogen-bond acceptors (Lipinski definition) is 0. The van der Waals surface area contributed by atoms with E-state index in [0.717, 1.165) is 22.2 Å². The van der Waals surface area contributed by atoms with Gasteiger partial charge in [0.25, 0.3) is 0 Å². The number of allylic oxidation sites excluding steroid dienone is 1. The van der Waals surface area contributed by atoms with Crippen molar-refractivity contribution in [1.29, 1.82) is 0 Å². The number of halogens is 3. The highest BCUT2D eigenvalue weighted by atomic mass is 19.4. The van der Waals surface area contributed by atoms with E-state index in [9.17, 15) is 13.2 Å². The summed E-state index contributed by atoms with van der Waals surface area (Å²) in [6.45, 7) is 4.02. The molecule has 3 rings (SSSR count). The van der Waals surface area contributed by atoms with Crippen molar-refractivity contribution in [3.63, 3.8) is 0 Å². The molecular formula is C16H16F3N. The van der Waals surface area contributed by atoms with Crippen LogP contribution in [0.1, 0.15) is 31.1 Å². The molecule has 0 bridgehead atoms. The van der Waals surface area contributed by atoms with Crippen LogP contribution >= 0.6 is 0 Å². The Morgan fingerprint density at radius 3 is 2.55 bits per heavy atom. The normalized spacial score (nSPS) is 18.8. The smallest absolute Gasteiger partial charge is 0.341 e. The van der Waals surface area contributed by atoms with Gasteiger partial charge in [-0.3, -0.25) is 0 Å². The van der Waals surface area contributed by atoms with Crippen LogP contribution in [0.3, 0.4) is 0 Å². The maximum atomic E-state index is 13.0. The van der Waals surface area contributed by atoms with E-state index < -0.39 is 12.1 Å². The van der Waals surface area contributed by atoms with Crippen molar-refractivity contribution in [1.82, 2.24) is 4.57 Å². The highest BCUT2D eigenvalue weighted by Gasteiger charge is 2.40. The molecule has 1 aliphatic carbocycles. The topological polar surface area (TPSA) is 4.93 Å². The minimum atomic E-state index is -4.17. The molecule has 106 valence electrons. The number of nitrogens with zero attached hydrogens (tertiary/aromatic N) is 1. The van der Waals surface area contributed by atoms with E-state index in [1.165, 1.54) is 6.08 Å². The molecule has 0 spiro atoms. The van der Waals surface area contributed by atoms with E-state index >= 15 is 0 Å². The molecule has 1 atom stereocenters. The Balaban J connectivity index is 2.22. The van der Waals surface area contributed by atoms with Crippen LogP contribution < -0.4 is 0 Å². The molecule has 1 nitrogen and oxygen atoms in total. The van der Waals surface area contributed by atoms with Crippen LogP contribution in [-0.2, 0) is 6.42 Å². The molecule has 0 aliphatic heterocycles. The van der Waals surface area contributed by atoms with Crippen molar-refractivity contribution in [2.24, 2.45) is 5.92 Å². The molecule has 1 aliphatic rings. The van der Waals surface area contributed by atoms with Crippen molar-refractivity contribution in [2.75, 3.05) is 0 Å². The van der Waals surface area contributed by atoms with Gasteiger partial charge in [-0.2, -0.15) is 13.2 Å². The minimum absolute atomic E-state index is 0.0300. The molecular weight excluding hydrogens is 263 g/mol. The summed E-state index contributed by atoms with van der Waals surface area (Å²) < 4.78 is 40.9. The molecule has 0 N–H and O–H groups in total. The van der Waals surface area contributed by atoms with Crippen LogP contribution in [0.25, 0.3) is 17.0 Å². The largest absolute Gasteiger partial charge is 0.395 e. The number of rotatable bonds is 1. The summed E-state index contributed by atoms with van der Waals surface area (Å²) in [5.41, 5.74) is 2.75. The Morgan fingerprint density at radius 1 is 1.20 bits per heavy atom. The number of benzene rings is 1. The van der Waals surface area contributed by atoms with Gasteiger partial charge in [0.05, 0.1) is 5.92 Å². The molecule has 1 heterocycles. The van der Waals surface area contributed by atoms with Gasteiger partial charge in [0.2, 0.25) is 0 Å². The zero-order valence-corrected chi connectivity index (χ0v) is 11.4. The average molecular weight is 279 g/mol.